The Bertz CT molecular complexity index is 706. The van der Waals surface area contributed by atoms with Gasteiger partial charge in [-0.15, -0.1) is 0 Å². The molecule has 1 aromatic carbocycles. The molecule has 1 aliphatic carbocycles. The third-order valence-corrected chi connectivity index (χ3v) is 3.52. The molecule has 0 aliphatic heterocycles. The van der Waals surface area contributed by atoms with Gasteiger partial charge >= 0.3 is 0 Å². The van der Waals surface area contributed by atoms with Crippen LogP contribution in [-0.4, -0.2) is 4.92 Å². The van der Waals surface area contributed by atoms with E-state index in [9.17, 15) is 10.1 Å². The van der Waals surface area contributed by atoms with Crippen LogP contribution in [0.5, 0.6) is 0 Å². The molecule has 0 saturated heterocycles. The lowest BCUT2D eigenvalue weighted by Crippen LogP contribution is -2.05. The summed E-state index contributed by atoms with van der Waals surface area (Å²) in [4.78, 5) is 10.1. The van der Waals surface area contributed by atoms with E-state index in [2.05, 4.69) is 0 Å². The van der Waals surface area contributed by atoms with Gasteiger partial charge in [0.05, 0.1) is 35.1 Å². The van der Waals surface area contributed by atoms with Gasteiger partial charge in [-0.25, -0.2) is 0 Å². The van der Waals surface area contributed by atoms with Crippen LogP contribution in [0.25, 0.3) is 0 Å². The third-order valence-electron chi connectivity index (χ3n) is 3.52. The van der Waals surface area contributed by atoms with E-state index >= 15 is 0 Å². The number of nitro benzene ring substituents is 1. The summed E-state index contributed by atoms with van der Waals surface area (Å²) in [6.07, 6.45) is 0. The summed E-state index contributed by atoms with van der Waals surface area (Å²) in [5.74, 6) is -0.972. The van der Waals surface area contributed by atoms with Crippen molar-refractivity contribution in [2.24, 2.45) is 10.8 Å². The average molecular weight is 263 g/mol. The molecule has 0 aromatic heterocycles. The van der Waals surface area contributed by atoms with Crippen LogP contribution in [0, 0.1) is 66.3 Å². The van der Waals surface area contributed by atoms with Gasteiger partial charge in [0.15, 0.2) is 10.8 Å². The maximum Gasteiger partial charge on any atom is 0.269 e. The fraction of sp³-hybridized carbons (Fsp3) is 0.231. The molecule has 0 amide bonds. The van der Waals surface area contributed by atoms with Crippen molar-refractivity contribution in [3.05, 3.63) is 39.9 Å². The number of nitrogens with zero attached hydrogens (tertiary/aromatic N) is 5. The highest BCUT2D eigenvalue weighted by molar-refractivity contribution is 5.59. The number of non-ortho nitro benzene ring substituents is 1. The standard InChI is InChI=1S/C13H5N5O2/c14-5-12(6-15)11(13(12,7-16)8-17)9-2-1-3-10(4-9)18(19)20/h1-4,11H. The third kappa shape index (κ3) is 1.29. The maximum atomic E-state index is 10.7. The van der Waals surface area contributed by atoms with Crippen LogP contribution in [0.4, 0.5) is 5.69 Å². The van der Waals surface area contributed by atoms with Gasteiger partial charge in [0.25, 0.3) is 5.69 Å². The first-order valence-electron chi connectivity index (χ1n) is 5.42. The van der Waals surface area contributed by atoms with Gasteiger partial charge in [0.1, 0.15) is 0 Å². The van der Waals surface area contributed by atoms with E-state index in [0.717, 1.165) is 0 Å². The van der Waals surface area contributed by atoms with Crippen LogP contribution < -0.4 is 0 Å². The average Bonchev–Trinajstić information content (AvgIpc) is 3.10. The molecule has 0 heterocycles. The molecule has 94 valence electrons. The summed E-state index contributed by atoms with van der Waals surface area (Å²) in [6.45, 7) is 0. The highest BCUT2D eigenvalue weighted by Crippen LogP contribution is 2.73. The van der Waals surface area contributed by atoms with Crippen molar-refractivity contribution in [3.63, 3.8) is 0 Å². The fourth-order valence-electron chi connectivity index (χ4n) is 2.45. The number of rotatable bonds is 2. The van der Waals surface area contributed by atoms with Gasteiger partial charge in [-0.2, -0.15) is 21.0 Å². The molecule has 2 rings (SSSR count). The Morgan fingerprint density at radius 1 is 1.05 bits per heavy atom. The lowest BCUT2D eigenvalue weighted by molar-refractivity contribution is -0.384. The summed E-state index contributed by atoms with van der Waals surface area (Å²) in [6, 6.07) is 12.2. The zero-order valence-electron chi connectivity index (χ0n) is 9.94. The molecule has 7 nitrogen and oxygen atoms in total. The zero-order chi connectivity index (χ0) is 15.0. The molecule has 0 spiro atoms. The second kappa shape index (κ2) is 4.05. The Labute approximate surface area is 113 Å². The maximum absolute atomic E-state index is 10.7. The summed E-state index contributed by atoms with van der Waals surface area (Å²) < 4.78 is 0. The largest absolute Gasteiger partial charge is 0.269 e. The quantitative estimate of drug-likeness (QED) is 0.588. The Morgan fingerprint density at radius 3 is 1.95 bits per heavy atom. The molecule has 0 atom stereocenters. The monoisotopic (exact) mass is 263 g/mol. The molecular formula is C13H5N5O2. The van der Waals surface area contributed by atoms with Crippen molar-refractivity contribution in [1.29, 1.82) is 21.0 Å². The molecule has 1 saturated carbocycles. The van der Waals surface area contributed by atoms with Crippen LogP contribution >= 0.6 is 0 Å². The van der Waals surface area contributed by atoms with Crippen LogP contribution in [0.2, 0.25) is 0 Å². The first-order chi connectivity index (χ1) is 9.52. The van der Waals surface area contributed by atoms with Crippen LogP contribution in [0.15, 0.2) is 24.3 Å². The van der Waals surface area contributed by atoms with Gasteiger partial charge in [-0.3, -0.25) is 10.1 Å². The molecule has 0 unspecified atom stereocenters. The summed E-state index contributed by atoms with van der Waals surface area (Å²) in [7, 11) is 0. The molecule has 0 radical (unpaired) electrons. The van der Waals surface area contributed by atoms with Gasteiger partial charge in [0, 0.05) is 12.1 Å². The Kier molecular flexibility index (Phi) is 2.64. The van der Waals surface area contributed by atoms with Crippen LogP contribution in [-0.2, 0) is 0 Å². The number of hydrogen-bond donors (Lipinski definition) is 0. The highest BCUT2D eigenvalue weighted by Gasteiger charge is 2.82. The number of nitriles is 4. The molecule has 1 aromatic rings. The lowest BCUT2D eigenvalue weighted by Gasteiger charge is -1.99. The molecule has 20 heavy (non-hydrogen) atoms. The van der Waals surface area contributed by atoms with Crippen molar-refractivity contribution in [3.8, 4) is 24.3 Å². The van der Waals surface area contributed by atoms with Crippen molar-refractivity contribution in [1.82, 2.24) is 0 Å². The minimum Gasteiger partial charge on any atom is -0.258 e. The van der Waals surface area contributed by atoms with Gasteiger partial charge < -0.3 is 0 Å². The molecular weight excluding hydrogens is 258 g/mol. The smallest absolute Gasteiger partial charge is 0.258 e. The fourth-order valence-corrected chi connectivity index (χ4v) is 2.45. The number of nitro groups is 1. The van der Waals surface area contributed by atoms with E-state index in [-0.39, 0.29) is 11.3 Å². The predicted molar refractivity (Wildman–Crippen MR) is 63.2 cm³/mol. The Hall–Kier alpha value is -3.42. The Morgan fingerprint density at radius 2 is 1.55 bits per heavy atom. The first-order valence-corrected chi connectivity index (χ1v) is 5.42. The second-order valence-corrected chi connectivity index (χ2v) is 4.35. The van der Waals surface area contributed by atoms with E-state index in [0.29, 0.717) is 0 Å². The van der Waals surface area contributed by atoms with Crippen LogP contribution in [0.3, 0.4) is 0 Å². The summed E-state index contributed by atoms with van der Waals surface area (Å²) >= 11 is 0. The topological polar surface area (TPSA) is 138 Å². The minimum absolute atomic E-state index is 0.219. The van der Waals surface area contributed by atoms with Crippen molar-refractivity contribution >= 4 is 5.69 Å². The summed E-state index contributed by atoms with van der Waals surface area (Å²) in [5, 5.41) is 47.4. The second-order valence-electron chi connectivity index (χ2n) is 4.35. The normalized spacial score (nSPS) is 17.8. The molecule has 7 heteroatoms. The van der Waals surface area contributed by atoms with Crippen molar-refractivity contribution in [2.45, 2.75) is 5.92 Å². The molecule has 1 fully saturated rings. The molecule has 0 N–H and O–H groups in total. The van der Waals surface area contributed by atoms with E-state index in [1.807, 2.05) is 0 Å². The van der Waals surface area contributed by atoms with Crippen molar-refractivity contribution < 1.29 is 4.92 Å². The van der Waals surface area contributed by atoms with Gasteiger partial charge in [0.2, 0.25) is 0 Å². The number of benzene rings is 1. The predicted octanol–water partition coefficient (Wildman–Crippen LogP) is 1.76. The number of hydrogen-bond acceptors (Lipinski definition) is 6. The van der Waals surface area contributed by atoms with Gasteiger partial charge in [-0.1, -0.05) is 12.1 Å². The van der Waals surface area contributed by atoms with E-state index < -0.39 is 21.7 Å². The molecule has 1 aliphatic rings. The van der Waals surface area contributed by atoms with Crippen molar-refractivity contribution in [2.75, 3.05) is 0 Å². The SMILES string of the molecule is N#CC1(C#N)C(c2cccc([N+](=O)[O-])c2)C1(C#N)C#N. The van der Waals surface area contributed by atoms with E-state index in [1.165, 1.54) is 24.3 Å². The Balaban J connectivity index is 2.61. The highest BCUT2D eigenvalue weighted by atomic mass is 16.6. The lowest BCUT2D eigenvalue weighted by atomic mass is 9.98. The zero-order valence-corrected chi connectivity index (χ0v) is 9.94. The summed E-state index contributed by atoms with van der Waals surface area (Å²) in [5.41, 5.74) is -3.52. The first kappa shape index (κ1) is 13.0. The molecule has 0 bridgehead atoms. The van der Waals surface area contributed by atoms with Crippen LogP contribution in [0.1, 0.15) is 11.5 Å². The van der Waals surface area contributed by atoms with E-state index in [1.54, 1.807) is 24.3 Å². The van der Waals surface area contributed by atoms with Gasteiger partial charge in [-0.05, 0) is 5.56 Å². The van der Waals surface area contributed by atoms with E-state index in [4.69, 9.17) is 21.0 Å². The minimum atomic E-state index is -1.79.